The van der Waals surface area contributed by atoms with Gasteiger partial charge in [0.05, 0.1) is 18.6 Å². The number of allylic oxidation sites excluding steroid dienone is 1. The number of carbonyl (C=O) groups excluding carboxylic acids is 1. The van der Waals surface area contributed by atoms with Gasteiger partial charge in [0.1, 0.15) is 6.61 Å². The molecule has 258 valence electrons. The lowest BCUT2D eigenvalue weighted by Gasteiger charge is -2.71. The fourth-order valence-corrected chi connectivity index (χ4v) is 12.2. The zero-order valence-corrected chi connectivity index (χ0v) is 29.5. The molecule has 0 aromatic heterocycles. The monoisotopic (exact) mass is 648 g/mol. The predicted molar refractivity (Wildman–Crippen MR) is 182 cm³/mol. The quantitative estimate of drug-likeness (QED) is 0.163. The summed E-state index contributed by atoms with van der Waals surface area (Å²) in [6.07, 6.45) is 12.7. The fraction of sp³-hybridized carbons (Fsp3) is 0.700. The van der Waals surface area contributed by atoms with Gasteiger partial charge in [-0.1, -0.05) is 59.3 Å². The molecule has 0 aliphatic heterocycles. The number of hydrogen-bond acceptors (Lipinski definition) is 6. The molecule has 0 radical (unpaired) electrons. The summed E-state index contributed by atoms with van der Waals surface area (Å²) < 4.78 is 11.5. The summed E-state index contributed by atoms with van der Waals surface area (Å²) >= 11 is 0. The average Bonchev–Trinajstić information content (AvgIpc) is 3.03. The number of carbonyl (C=O) groups is 2. The van der Waals surface area contributed by atoms with E-state index in [1.165, 1.54) is 24.8 Å². The number of carboxylic acid groups (broad SMARTS) is 1. The summed E-state index contributed by atoms with van der Waals surface area (Å²) in [5.74, 6) is 0.499. The number of aliphatic carboxylic acids is 1. The highest BCUT2D eigenvalue weighted by molar-refractivity contribution is 5.87. The number of benzene rings is 1. The Morgan fingerprint density at radius 3 is 2.43 bits per heavy atom. The molecule has 0 heterocycles. The molecule has 1 aromatic carbocycles. The van der Waals surface area contributed by atoms with E-state index in [0.29, 0.717) is 48.3 Å². The molecular formula is C40H56O7. The number of fused-ring (bicyclic) bond motifs is 7. The first-order valence-electron chi connectivity index (χ1n) is 17.9. The molecule has 7 heteroatoms. The summed E-state index contributed by atoms with van der Waals surface area (Å²) in [6.45, 7) is 14.1. The van der Waals surface area contributed by atoms with Crippen LogP contribution in [-0.2, 0) is 14.3 Å². The van der Waals surface area contributed by atoms with E-state index in [4.69, 9.17) is 9.47 Å². The number of aromatic hydroxyl groups is 1. The van der Waals surface area contributed by atoms with Crippen LogP contribution in [0.2, 0.25) is 0 Å². The van der Waals surface area contributed by atoms with Crippen molar-refractivity contribution in [1.82, 2.24) is 0 Å². The summed E-state index contributed by atoms with van der Waals surface area (Å²) in [5.41, 5.74) is 0.329. The van der Waals surface area contributed by atoms with Crippen LogP contribution < -0.4 is 4.74 Å². The third kappa shape index (κ3) is 4.91. The van der Waals surface area contributed by atoms with E-state index in [1.54, 1.807) is 18.2 Å². The Kier molecular flexibility index (Phi) is 8.46. The summed E-state index contributed by atoms with van der Waals surface area (Å²) in [7, 11) is 1.49. The molecule has 47 heavy (non-hydrogen) atoms. The molecule has 10 atom stereocenters. The zero-order valence-electron chi connectivity index (χ0n) is 29.5. The topological polar surface area (TPSA) is 113 Å². The van der Waals surface area contributed by atoms with Gasteiger partial charge in [0.2, 0.25) is 0 Å². The molecule has 6 rings (SSSR count). The number of rotatable bonds is 6. The second-order valence-corrected chi connectivity index (χ2v) is 17.1. The van der Waals surface area contributed by atoms with Crippen molar-refractivity contribution in [1.29, 1.82) is 0 Å². The smallest absolute Gasteiger partial charge is 0.330 e. The molecule has 4 fully saturated rings. The van der Waals surface area contributed by atoms with E-state index in [-0.39, 0.29) is 46.5 Å². The molecule has 1 aromatic rings. The van der Waals surface area contributed by atoms with E-state index in [1.807, 2.05) is 0 Å². The van der Waals surface area contributed by atoms with Crippen molar-refractivity contribution < 1.29 is 34.4 Å². The summed E-state index contributed by atoms with van der Waals surface area (Å²) in [6, 6.07) is 4.92. The second kappa shape index (κ2) is 11.7. The SMILES string of the molecule is COc1cc(/C=C/C(=O)OC[C@@]23CC[C@@]4(C(=O)O)CC[C@@H](C)[C@H](C)[C@H]4C2=CCC2[C@@]4(C)CC[C@H](O)C(C)(C)C4CC[C@]23C)ccc1O. The molecule has 5 aliphatic rings. The first-order chi connectivity index (χ1) is 22.1. The van der Waals surface area contributed by atoms with Gasteiger partial charge in [0, 0.05) is 11.5 Å². The average molecular weight is 649 g/mol. The second-order valence-electron chi connectivity index (χ2n) is 17.1. The van der Waals surface area contributed by atoms with Crippen molar-refractivity contribution in [2.24, 2.45) is 56.7 Å². The van der Waals surface area contributed by atoms with Crippen LogP contribution in [0, 0.1) is 56.7 Å². The molecule has 0 saturated heterocycles. The molecule has 0 spiro atoms. The minimum Gasteiger partial charge on any atom is -0.504 e. The fourth-order valence-electron chi connectivity index (χ4n) is 12.2. The number of ether oxygens (including phenoxy) is 2. The first kappa shape index (κ1) is 34.1. The number of hydrogen-bond donors (Lipinski definition) is 3. The van der Waals surface area contributed by atoms with Gasteiger partial charge in [-0.15, -0.1) is 0 Å². The third-order valence-corrected chi connectivity index (χ3v) is 15.1. The first-order valence-corrected chi connectivity index (χ1v) is 17.9. The highest BCUT2D eigenvalue weighted by atomic mass is 16.5. The molecular weight excluding hydrogens is 592 g/mol. The Morgan fingerprint density at radius 1 is 0.979 bits per heavy atom. The molecule has 5 aliphatic carbocycles. The molecule has 3 N–H and O–H groups in total. The van der Waals surface area contributed by atoms with Crippen LogP contribution in [0.4, 0.5) is 0 Å². The Hall–Kier alpha value is -2.80. The van der Waals surface area contributed by atoms with Gasteiger partial charge < -0.3 is 24.8 Å². The highest BCUT2D eigenvalue weighted by Gasteiger charge is 2.71. The van der Waals surface area contributed by atoms with Crippen molar-refractivity contribution >= 4 is 18.0 Å². The lowest BCUT2D eigenvalue weighted by molar-refractivity contribution is -0.218. The lowest BCUT2D eigenvalue weighted by Crippen LogP contribution is -2.67. The third-order valence-electron chi connectivity index (χ3n) is 15.1. The van der Waals surface area contributed by atoms with Crippen LogP contribution in [0.5, 0.6) is 11.5 Å². The van der Waals surface area contributed by atoms with Gasteiger partial charge in [-0.25, -0.2) is 4.79 Å². The van der Waals surface area contributed by atoms with Gasteiger partial charge >= 0.3 is 11.9 Å². The largest absolute Gasteiger partial charge is 0.504 e. The van der Waals surface area contributed by atoms with E-state index < -0.39 is 22.8 Å². The van der Waals surface area contributed by atoms with Crippen LogP contribution in [0.3, 0.4) is 0 Å². The van der Waals surface area contributed by atoms with Crippen LogP contribution in [0.15, 0.2) is 35.9 Å². The summed E-state index contributed by atoms with van der Waals surface area (Å²) in [5, 5.41) is 32.0. The number of esters is 1. The maximum atomic E-state index is 13.5. The van der Waals surface area contributed by atoms with E-state index in [9.17, 15) is 24.9 Å². The van der Waals surface area contributed by atoms with Crippen LogP contribution in [0.25, 0.3) is 6.08 Å². The number of phenolic OH excluding ortho intramolecular Hbond substituents is 1. The van der Waals surface area contributed by atoms with Gasteiger partial charge in [-0.3, -0.25) is 4.79 Å². The van der Waals surface area contributed by atoms with Crippen LogP contribution in [-0.4, -0.2) is 47.1 Å². The number of carboxylic acids is 1. The van der Waals surface area contributed by atoms with Gasteiger partial charge in [-0.05, 0) is 127 Å². The lowest BCUT2D eigenvalue weighted by atomic mass is 9.33. The molecule has 2 unspecified atom stereocenters. The predicted octanol–water partition coefficient (Wildman–Crippen LogP) is 8.04. The van der Waals surface area contributed by atoms with Crippen LogP contribution >= 0.6 is 0 Å². The molecule has 4 saturated carbocycles. The van der Waals surface area contributed by atoms with Crippen molar-refractivity contribution in [2.75, 3.05) is 13.7 Å². The Labute approximate surface area is 280 Å². The van der Waals surface area contributed by atoms with Crippen molar-refractivity contribution in [2.45, 2.75) is 105 Å². The van der Waals surface area contributed by atoms with Gasteiger partial charge in [0.25, 0.3) is 0 Å². The standard InChI is InChI=1S/C40H56O7/c1-24-14-19-39(35(44)45)20-21-40(23-47-33(43)13-9-26-8-11-28(41)29(22-26)46-7)27(34(39)25(24)2)10-12-31-37(5)17-16-32(42)36(3,4)30(37)15-18-38(31,40)6/h8-11,13,22,24-25,30-32,34,41-42H,12,14-21,23H2,1-7H3,(H,44,45)/b13-9+/t24-,25+,30?,31?,32+,34+,37+,38-,39+,40+/m1/s1. The van der Waals surface area contributed by atoms with Crippen LogP contribution in [0.1, 0.15) is 105 Å². The normalized spacial score (nSPS) is 42.3. The molecule has 0 bridgehead atoms. The highest BCUT2D eigenvalue weighted by Crippen LogP contribution is 2.76. The zero-order chi connectivity index (χ0) is 34.2. The molecule has 0 amide bonds. The van der Waals surface area contributed by atoms with E-state index in [2.05, 4.69) is 47.6 Å². The maximum Gasteiger partial charge on any atom is 0.330 e. The number of aliphatic hydroxyl groups excluding tert-OH is 1. The van der Waals surface area contributed by atoms with Crippen molar-refractivity contribution in [3.63, 3.8) is 0 Å². The Bertz CT molecular complexity index is 1480. The Balaban J connectivity index is 1.40. The van der Waals surface area contributed by atoms with Crippen molar-refractivity contribution in [3.05, 3.63) is 41.5 Å². The van der Waals surface area contributed by atoms with E-state index in [0.717, 1.165) is 38.5 Å². The Morgan fingerprint density at radius 2 is 1.72 bits per heavy atom. The van der Waals surface area contributed by atoms with E-state index >= 15 is 0 Å². The van der Waals surface area contributed by atoms with Gasteiger partial charge in [0.15, 0.2) is 11.5 Å². The molecule has 7 nitrogen and oxygen atoms in total. The maximum absolute atomic E-state index is 13.5. The van der Waals surface area contributed by atoms with Crippen molar-refractivity contribution in [3.8, 4) is 11.5 Å². The number of aliphatic hydroxyl groups is 1. The number of phenols is 1. The summed E-state index contributed by atoms with van der Waals surface area (Å²) in [4.78, 5) is 26.7. The number of methoxy groups -OCH3 is 1. The minimum absolute atomic E-state index is 0.0133. The minimum atomic E-state index is -0.787. The van der Waals surface area contributed by atoms with Gasteiger partial charge in [-0.2, -0.15) is 0 Å².